The highest BCUT2D eigenvalue weighted by Gasteiger charge is 2.04. The van der Waals surface area contributed by atoms with Crippen molar-refractivity contribution in [2.75, 3.05) is 0 Å². The van der Waals surface area contributed by atoms with E-state index in [0.717, 1.165) is 25.5 Å². The first-order valence-corrected chi connectivity index (χ1v) is 4.93. The Hall–Kier alpha value is 0.1000. The van der Waals surface area contributed by atoms with E-state index in [1.165, 1.54) is 0 Å². The first-order valence-electron chi connectivity index (χ1n) is 3.06. The van der Waals surface area contributed by atoms with Crippen LogP contribution in [0.25, 0.3) is 0 Å². The van der Waals surface area contributed by atoms with Gasteiger partial charge in [-0.25, -0.2) is 0 Å². The average molecular weight is 325 g/mol. The van der Waals surface area contributed by atoms with Crippen LogP contribution in [0.2, 0.25) is 0 Å². The van der Waals surface area contributed by atoms with E-state index in [1.54, 1.807) is 0 Å². The molecule has 0 bridgehead atoms. The number of hydrogen-bond donors (Lipinski definition) is 0. The van der Waals surface area contributed by atoms with Gasteiger partial charge >= 0.3 is 0 Å². The van der Waals surface area contributed by atoms with Crippen molar-refractivity contribution in [2.45, 2.75) is 6.92 Å². The van der Waals surface area contributed by atoms with Crippen molar-refractivity contribution in [3.05, 3.63) is 31.3 Å². The highest BCUT2D eigenvalue weighted by Crippen LogP contribution is 2.23. The predicted octanol–water partition coefficient (Wildman–Crippen LogP) is 3.17. The summed E-state index contributed by atoms with van der Waals surface area (Å²) in [5, 5.41) is 0. The molecular formula is C8H6BrIO. The smallest absolute Gasteiger partial charge is 0.151 e. The molecular weight excluding hydrogens is 319 g/mol. The maximum absolute atomic E-state index is 10.6. The lowest BCUT2D eigenvalue weighted by Crippen LogP contribution is -1.91. The molecule has 58 valence electrons. The van der Waals surface area contributed by atoms with Crippen molar-refractivity contribution < 1.29 is 4.79 Å². The van der Waals surface area contributed by atoms with E-state index >= 15 is 0 Å². The number of carbonyl (C=O) groups excluding carboxylic acids is 1. The summed E-state index contributed by atoms with van der Waals surface area (Å²) >= 11 is 5.51. The van der Waals surface area contributed by atoms with Crippen molar-refractivity contribution >= 4 is 44.8 Å². The summed E-state index contributed by atoms with van der Waals surface area (Å²) in [7, 11) is 0. The number of halogens is 2. The van der Waals surface area contributed by atoms with Gasteiger partial charge in [-0.2, -0.15) is 0 Å². The molecule has 0 heterocycles. The van der Waals surface area contributed by atoms with E-state index in [9.17, 15) is 4.79 Å². The average Bonchev–Trinajstić information content (AvgIpc) is 1.99. The summed E-state index contributed by atoms with van der Waals surface area (Å²) in [4.78, 5) is 10.6. The van der Waals surface area contributed by atoms with E-state index in [0.29, 0.717) is 0 Å². The van der Waals surface area contributed by atoms with Gasteiger partial charge in [0.15, 0.2) is 6.29 Å². The zero-order valence-electron chi connectivity index (χ0n) is 5.90. The zero-order valence-corrected chi connectivity index (χ0v) is 9.64. The van der Waals surface area contributed by atoms with Gasteiger partial charge in [-0.05, 0) is 57.1 Å². The standard InChI is InChI=1S/C8H6BrIO/c1-5-2-3-7(9)8(10)6(5)4-11/h2-4H,1H3. The van der Waals surface area contributed by atoms with Crippen LogP contribution in [0.4, 0.5) is 0 Å². The van der Waals surface area contributed by atoms with E-state index in [1.807, 2.05) is 19.1 Å². The first-order chi connectivity index (χ1) is 5.16. The third-order valence-electron chi connectivity index (χ3n) is 1.47. The Morgan fingerprint density at radius 3 is 2.64 bits per heavy atom. The fraction of sp³-hybridized carbons (Fsp3) is 0.125. The minimum absolute atomic E-state index is 0.778. The first kappa shape index (κ1) is 9.19. The van der Waals surface area contributed by atoms with Gasteiger partial charge in [0.2, 0.25) is 0 Å². The monoisotopic (exact) mass is 324 g/mol. The molecule has 0 radical (unpaired) electrons. The molecule has 0 spiro atoms. The Morgan fingerprint density at radius 2 is 2.18 bits per heavy atom. The Morgan fingerprint density at radius 1 is 1.55 bits per heavy atom. The summed E-state index contributed by atoms with van der Waals surface area (Å²) in [6.07, 6.45) is 0.891. The number of rotatable bonds is 1. The summed E-state index contributed by atoms with van der Waals surface area (Å²) < 4.78 is 1.96. The van der Waals surface area contributed by atoms with Gasteiger partial charge in [0, 0.05) is 13.6 Å². The second kappa shape index (κ2) is 3.67. The van der Waals surface area contributed by atoms with Crippen LogP contribution in [0.3, 0.4) is 0 Å². The number of hydrogen-bond acceptors (Lipinski definition) is 1. The minimum atomic E-state index is 0.778. The van der Waals surface area contributed by atoms with Gasteiger partial charge in [0.05, 0.1) is 0 Å². The molecule has 0 atom stereocenters. The van der Waals surface area contributed by atoms with Crippen LogP contribution in [0.15, 0.2) is 16.6 Å². The van der Waals surface area contributed by atoms with E-state index in [2.05, 4.69) is 38.5 Å². The van der Waals surface area contributed by atoms with Gasteiger partial charge in [-0.15, -0.1) is 0 Å². The highest BCUT2D eigenvalue weighted by atomic mass is 127. The van der Waals surface area contributed by atoms with E-state index in [-0.39, 0.29) is 0 Å². The lowest BCUT2D eigenvalue weighted by Gasteiger charge is -2.02. The molecule has 11 heavy (non-hydrogen) atoms. The van der Waals surface area contributed by atoms with Crippen LogP contribution in [-0.4, -0.2) is 6.29 Å². The van der Waals surface area contributed by atoms with Crippen molar-refractivity contribution in [2.24, 2.45) is 0 Å². The summed E-state index contributed by atoms with van der Waals surface area (Å²) in [5.41, 5.74) is 1.80. The lowest BCUT2D eigenvalue weighted by molar-refractivity contribution is 0.112. The fourth-order valence-electron chi connectivity index (χ4n) is 0.808. The summed E-state index contributed by atoms with van der Waals surface area (Å²) in [6, 6.07) is 3.88. The molecule has 0 aliphatic heterocycles. The van der Waals surface area contributed by atoms with Crippen LogP contribution >= 0.6 is 38.5 Å². The van der Waals surface area contributed by atoms with Gasteiger partial charge in [-0.3, -0.25) is 4.79 Å². The third-order valence-corrected chi connectivity index (χ3v) is 4.03. The van der Waals surface area contributed by atoms with Gasteiger partial charge in [0.25, 0.3) is 0 Å². The topological polar surface area (TPSA) is 17.1 Å². The molecule has 0 saturated carbocycles. The zero-order chi connectivity index (χ0) is 8.43. The largest absolute Gasteiger partial charge is 0.298 e. The second-order valence-corrected chi connectivity index (χ2v) is 4.14. The Kier molecular flexibility index (Phi) is 3.06. The molecule has 0 aromatic heterocycles. The van der Waals surface area contributed by atoms with Crippen LogP contribution in [0.5, 0.6) is 0 Å². The van der Waals surface area contributed by atoms with Crippen molar-refractivity contribution in [1.29, 1.82) is 0 Å². The van der Waals surface area contributed by atoms with Crippen LogP contribution < -0.4 is 0 Å². The van der Waals surface area contributed by atoms with Crippen LogP contribution in [0, 0.1) is 10.5 Å². The summed E-state index contributed by atoms with van der Waals surface area (Å²) in [5.74, 6) is 0. The number of aldehydes is 1. The molecule has 1 aromatic rings. The molecule has 3 heteroatoms. The molecule has 0 fully saturated rings. The predicted molar refractivity (Wildman–Crippen MR) is 57.0 cm³/mol. The van der Waals surface area contributed by atoms with E-state index in [4.69, 9.17) is 0 Å². The lowest BCUT2D eigenvalue weighted by atomic mass is 10.1. The van der Waals surface area contributed by atoms with Crippen molar-refractivity contribution in [3.63, 3.8) is 0 Å². The van der Waals surface area contributed by atoms with Gasteiger partial charge < -0.3 is 0 Å². The highest BCUT2D eigenvalue weighted by molar-refractivity contribution is 14.1. The Balaban J connectivity index is 3.40. The number of carbonyl (C=O) groups is 1. The van der Waals surface area contributed by atoms with Crippen molar-refractivity contribution in [3.8, 4) is 0 Å². The maximum atomic E-state index is 10.6. The van der Waals surface area contributed by atoms with Gasteiger partial charge in [0.1, 0.15) is 0 Å². The summed E-state index contributed by atoms with van der Waals surface area (Å²) in [6.45, 7) is 1.93. The van der Waals surface area contributed by atoms with Gasteiger partial charge in [-0.1, -0.05) is 6.07 Å². The fourth-order valence-corrected chi connectivity index (χ4v) is 1.89. The van der Waals surface area contributed by atoms with Crippen molar-refractivity contribution in [1.82, 2.24) is 0 Å². The van der Waals surface area contributed by atoms with Crippen LogP contribution in [-0.2, 0) is 0 Å². The number of benzene rings is 1. The second-order valence-electron chi connectivity index (χ2n) is 2.21. The third kappa shape index (κ3) is 1.82. The molecule has 1 aromatic carbocycles. The molecule has 0 saturated heterocycles. The molecule has 1 rings (SSSR count). The molecule has 0 amide bonds. The SMILES string of the molecule is Cc1ccc(Br)c(I)c1C=O. The molecule has 0 unspecified atom stereocenters. The van der Waals surface area contributed by atoms with E-state index < -0.39 is 0 Å². The Labute approximate surface area is 87.5 Å². The normalized spacial score (nSPS) is 9.73. The molecule has 0 N–H and O–H groups in total. The maximum Gasteiger partial charge on any atom is 0.151 e. The quantitative estimate of drug-likeness (QED) is 0.573. The molecule has 0 aliphatic rings. The minimum Gasteiger partial charge on any atom is -0.298 e. The molecule has 1 nitrogen and oxygen atoms in total. The Bertz CT molecular complexity index is 296. The molecule has 0 aliphatic carbocycles. The number of aryl methyl sites for hydroxylation is 1. The van der Waals surface area contributed by atoms with Crippen LogP contribution in [0.1, 0.15) is 15.9 Å².